The second kappa shape index (κ2) is 23.2. The van der Waals surface area contributed by atoms with Crippen molar-refractivity contribution in [3.63, 3.8) is 0 Å². The summed E-state index contributed by atoms with van der Waals surface area (Å²) in [4.78, 5) is 62.8. The van der Waals surface area contributed by atoms with E-state index in [1.807, 2.05) is 0 Å². The van der Waals surface area contributed by atoms with Crippen molar-refractivity contribution >= 4 is 53.7 Å². The maximum Gasteiger partial charge on any atom is 0.326 e. The Kier molecular flexibility index (Phi) is 18.8. The van der Waals surface area contributed by atoms with Gasteiger partial charge in [0, 0.05) is 44.0 Å². The molecule has 1 aromatic rings. The van der Waals surface area contributed by atoms with E-state index in [2.05, 4.69) is 48.4 Å². The largest absolute Gasteiger partial charge is 0.480 e. The first-order valence-corrected chi connectivity index (χ1v) is 15.2. The average molecular weight is 674 g/mol. The fourth-order valence-electron chi connectivity index (χ4n) is 3.78. The second-order valence-electron chi connectivity index (χ2n) is 10.0. The van der Waals surface area contributed by atoms with Gasteiger partial charge in [0.05, 0.1) is 44.9 Å². The standard InChI is InChI=1S/C30H43N9O9/c1-21-27(42)38-30(31)39-35-19-24(36-21)18-34-23-6-4-22(5-7-23)28(43)37-25(29(44)45)8-9-26(41)33-11-3-13-47-15-17-48-16-14-46-12-2-10-32-20-40/h4-7,19-20,25,34H,1-3,8-18H2,(H,32,40)(H,33,41)(H,37,43)(H,44,45)(H3,31,38,39,42)/b35-19-,36-24?/t25-/m1/s1. The number of rotatable bonds is 24. The molecule has 0 bridgehead atoms. The van der Waals surface area contributed by atoms with E-state index >= 15 is 0 Å². The summed E-state index contributed by atoms with van der Waals surface area (Å²) < 4.78 is 16.2. The molecule has 0 aromatic heterocycles. The minimum absolute atomic E-state index is 0.0870. The molecule has 1 aliphatic rings. The highest BCUT2D eigenvalue weighted by atomic mass is 16.5. The lowest BCUT2D eigenvalue weighted by molar-refractivity contribution is -0.139. The number of carboxylic acids is 1. The summed E-state index contributed by atoms with van der Waals surface area (Å²) in [6.45, 7) is 7.29. The number of carboxylic acid groups (broad SMARTS) is 1. The molecule has 0 radical (unpaired) electrons. The Morgan fingerprint density at radius 1 is 1.00 bits per heavy atom. The van der Waals surface area contributed by atoms with Crippen LogP contribution in [0.2, 0.25) is 0 Å². The number of hydrogen-bond donors (Lipinski definition) is 7. The zero-order chi connectivity index (χ0) is 35.0. The second-order valence-corrected chi connectivity index (χ2v) is 10.0. The highest BCUT2D eigenvalue weighted by Gasteiger charge is 2.22. The molecule has 48 heavy (non-hydrogen) atoms. The summed E-state index contributed by atoms with van der Waals surface area (Å²) in [5, 5.41) is 30.0. The Morgan fingerprint density at radius 2 is 1.65 bits per heavy atom. The Hall–Kier alpha value is -5.20. The summed E-state index contributed by atoms with van der Waals surface area (Å²) in [5.74, 6) is -3.03. The Labute approximate surface area is 277 Å². The van der Waals surface area contributed by atoms with Crippen LogP contribution in [0.15, 0.2) is 51.7 Å². The van der Waals surface area contributed by atoms with E-state index in [9.17, 15) is 29.1 Å². The van der Waals surface area contributed by atoms with Gasteiger partial charge in [0.25, 0.3) is 11.8 Å². The summed E-state index contributed by atoms with van der Waals surface area (Å²) >= 11 is 0. The fraction of sp³-hybridized carbons (Fsp3) is 0.467. The molecule has 1 heterocycles. The van der Waals surface area contributed by atoms with E-state index in [0.717, 1.165) is 6.42 Å². The molecule has 8 N–H and O–H groups in total. The molecule has 0 unspecified atom stereocenters. The van der Waals surface area contributed by atoms with Gasteiger partial charge in [0.15, 0.2) is 0 Å². The molecule has 0 aliphatic carbocycles. The Balaban J connectivity index is 1.63. The van der Waals surface area contributed by atoms with E-state index < -0.39 is 23.8 Å². The molecule has 1 atom stereocenters. The number of carbonyl (C=O) groups excluding carboxylic acids is 4. The minimum atomic E-state index is -1.27. The lowest BCUT2D eigenvalue weighted by atomic mass is 10.1. The normalized spacial score (nSPS) is 15.2. The van der Waals surface area contributed by atoms with E-state index in [4.69, 9.17) is 19.9 Å². The van der Waals surface area contributed by atoms with Crippen molar-refractivity contribution in [1.82, 2.24) is 21.3 Å². The SMILES string of the molecule is C=C1N=C(CNc2ccc(C(=O)N[C@H](CCC(=O)NCCCOCCOCCOCCCNC=O)C(=O)O)cc2)/C=N\N=C(\N)NC1=O. The monoisotopic (exact) mass is 673 g/mol. The van der Waals surface area contributed by atoms with Crippen LogP contribution in [0, 0.1) is 0 Å². The van der Waals surface area contributed by atoms with Gasteiger partial charge in [-0.15, -0.1) is 5.10 Å². The average Bonchev–Trinajstić information content (AvgIpc) is 3.12. The van der Waals surface area contributed by atoms with Crippen molar-refractivity contribution in [2.75, 3.05) is 64.6 Å². The van der Waals surface area contributed by atoms with E-state index in [1.54, 1.807) is 12.1 Å². The predicted octanol–water partition coefficient (Wildman–Crippen LogP) is -0.861. The zero-order valence-electron chi connectivity index (χ0n) is 26.6. The van der Waals surface area contributed by atoms with Crippen molar-refractivity contribution in [2.24, 2.45) is 20.9 Å². The molecule has 0 saturated carbocycles. The zero-order valence-corrected chi connectivity index (χ0v) is 26.6. The molecule has 4 amide bonds. The fourth-order valence-corrected chi connectivity index (χ4v) is 3.78. The number of carbonyl (C=O) groups is 5. The number of aliphatic carboxylic acids is 1. The molecular formula is C30H43N9O9. The van der Waals surface area contributed by atoms with Crippen LogP contribution < -0.4 is 32.3 Å². The van der Waals surface area contributed by atoms with Crippen LogP contribution in [0.25, 0.3) is 0 Å². The van der Waals surface area contributed by atoms with Crippen LogP contribution in [0.1, 0.15) is 36.0 Å². The van der Waals surface area contributed by atoms with Gasteiger partial charge in [0.2, 0.25) is 18.3 Å². The summed E-state index contributed by atoms with van der Waals surface area (Å²) in [6.07, 6.45) is 3.07. The van der Waals surface area contributed by atoms with E-state index in [0.29, 0.717) is 77.0 Å². The molecule has 0 saturated heterocycles. The molecule has 1 aliphatic heterocycles. The number of benzene rings is 1. The lowest BCUT2D eigenvalue weighted by Crippen LogP contribution is -2.41. The molecule has 0 spiro atoms. The van der Waals surface area contributed by atoms with Gasteiger partial charge in [-0.2, -0.15) is 5.10 Å². The smallest absolute Gasteiger partial charge is 0.326 e. The number of nitrogens with zero attached hydrogens (tertiary/aromatic N) is 3. The van der Waals surface area contributed by atoms with Crippen molar-refractivity contribution in [2.45, 2.75) is 31.7 Å². The number of guanidine groups is 1. The minimum Gasteiger partial charge on any atom is -0.480 e. The summed E-state index contributed by atoms with van der Waals surface area (Å²) in [5.41, 5.74) is 6.58. The number of amides is 4. The topological polar surface area (TPSA) is 257 Å². The molecule has 1 aromatic carbocycles. The van der Waals surface area contributed by atoms with E-state index in [-0.39, 0.29) is 42.5 Å². The van der Waals surface area contributed by atoms with Gasteiger partial charge in [-0.25, -0.2) is 9.79 Å². The third kappa shape index (κ3) is 16.9. The van der Waals surface area contributed by atoms with Crippen LogP contribution in [0.4, 0.5) is 5.69 Å². The van der Waals surface area contributed by atoms with Crippen LogP contribution >= 0.6 is 0 Å². The van der Waals surface area contributed by atoms with Crippen LogP contribution in [0.3, 0.4) is 0 Å². The quantitative estimate of drug-likeness (QED) is 0.0404. The maximum atomic E-state index is 12.7. The van der Waals surface area contributed by atoms with Crippen LogP contribution in [-0.4, -0.2) is 118 Å². The van der Waals surface area contributed by atoms with Gasteiger partial charge in [-0.1, -0.05) is 6.58 Å². The van der Waals surface area contributed by atoms with Crippen molar-refractivity contribution in [3.05, 3.63) is 42.1 Å². The molecular weight excluding hydrogens is 630 g/mol. The first-order chi connectivity index (χ1) is 23.2. The highest BCUT2D eigenvalue weighted by molar-refractivity contribution is 6.33. The first-order valence-electron chi connectivity index (χ1n) is 15.2. The lowest BCUT2D eigenvalue weighted by Gasteiger charge is -2.15. The van der Waals surface area contributed by atoms with Crippen molar-refractivity contribution in [1.29, 1.82) is 0 Å². The third-order valence-corrected chi connectivity index (χ3v) is 6.26. The number of anilines is 1. The van der Waals surface area contributed by atoms with Crippen molar-refractivity contribution < 1.29 is 43.3 Å². The number of nitrogens with one attached hydrogen (secondary N) is 5. The van der Waals surface area contributed by atoms with Crippen LogP contribution in [0.5, 0.6) is 0 Å². The number of aliphatic imine (C=N–C) groups is 1. The molecule has 2 rings (SSSR count). The van der Waals surface area contributed by atoms with Gasteiger partial charge in [-0.05, 0) is 43.5 Å². The summed E-state index contributed by atoms with van der Waals surface area (Å²) in [7, 11) is 0. The molecule has 18 heteroatoms. The van der Waals surface area contributed by atoms with Gasteiger partial charge >= 0.3 is 5.97 Å². The first kappa shape index (κ1) is 39.0. The van der Waals surface area contributed by atoms with Crippen LogP contribution in [-0.2, 0) is 33.4 Å². The third-order valence-electron chi connectivity index (χ3n) is 6.26. The Bertz CT molecular complexity index is 1320. The van der Waals surface area contributed by atoms with Gasteiger partial charge in [-0.3, -0.25) is 24.5 Å². The highest BCUT2D eigenvalue weighted by Crippen LogP contribution is 2.11. The van der Waals surface area contributed by atoms with Gasteiger partial charge < -0.3 is 46.3 Å². The molecule has 18 nitrogen and oxygen atoms in total. The molecule has 0 fully saturated rings. The number of ether oxygens (including phenoxy) is 3. The Morgan fingerprint density at radius 3 is 2.29 bits per heavy atom. The number of hydrogen-bond acceptors (Lipinski definition) is 13. The number of nitrogens with two attached hydrogens (primary N) is 1. The van der Waals surface area contributed by atoms with E-state index in [1.165, 1.54) is 18.3 Å². The van der Waals surface area contributed by atoms with Gasteiger partial charge in [0.1, 0.15) is 11.7 Å². The van der Waals surface area contributed by atoms with Crippen molar-refractivity contribution in [3.8, 4) is 0 Å². The maximum absolute atomic E-state index is 12.7. The molecule has 262 valence electrons. The predicted molar refractivity (Wildman–Crippen MR) is 177 cm³/mol. The summed E-state index contributed by atoms with van der Waals surface area (Å²) in [6, 6.07) is 4.95.